The van der Waals surface area contributed by atoms with Crippen LogP contribution in [-0.4, -0.2) is 65.9 Å². The van der Waals surface area contributed by atoms with Crippen LogP contribution in [0.3, 0.4) is 0 Å². The van der Waals surface area contributed by atoms with Crippen molar-refractivity contribution in [2.45, 2.75) is 39.7 Å². The highest BCUT2D eigenvalue weighted by molar-refractivity contribution is 4.69. The van der Waals surface area contributed by atoms with Crippen molar-refractivity contribution in [2.24, 2.45) is 5.92 Å². The SMILES string of the molecule is CCCCOCCOCCOCCNC(COC)C(C)C. The van der Waals surface area contributed by atoms with Crippen LogP contribution >= 0.6 is 0 Å². The Morgan fingerprint density at radius 2 is 1.43 bits per heavy atom. The molecule has 21 heavy (non-hydrogen) atoms. The van der Waals surface area contributed by atoms with Crippen LogP contribution in [0.2, 0.25) is 0 Å². The van der Waals surface area contributed by atoms with Crippen molar-refractivity contribution in [3.8, 4) is 0 Å². The highest BCUT2D eigenvalue weighted by Crippen LogP contribution is 2.01. The summed E-state index contributed by atoms with van der Waals surface area (Å²) in [6, 6.07) is 0.384. The monoisotopic (exact) mass is 305 g/mol. The second-order valence-electron chi connectivity index (χ2n) is 5.45. The molecule has 0 aromatic rings. The predicted molar refractivity (Wildman–Crippen MR) is 85.9 cm³/mol. The van der Waals surface area contributed by atoms with Crippen LogP contribution in [0.5, 0.6) is 0 Å². The van der Waals surface area contributed by atoms with E-state index in [0.717, 1.165) is 26.2 Å². The van der Waals surface area contributed by atoms with Crippen molar-refractivity contribution in [1.29, 1.82) is 0 Å². The zero-order chi connectivity index (χ0) is 15.8. The standard InChI is InChI=1S/C16H35NO4/c1-5-6-8-19-10-12-21-13-11-20-9-7-17-16(14-18-4)15(2)3/h15-17H,5-14H2,1-4H3. The molecule has 0 bridgehead atoms. The molecular weight excluding hydrogens is 270 g/mol. The molecule has 128 valence electrons. The minimum atomic E-state index is 0.384. The highest BCUT2D eigenvalue weighted by atomic mass is 16.5. The molecule has 1 N–H and O–H groups in total. The molecule has 0 aromatic carbocycles. The molecule has 0 saturated carbocycles. The van der Waals surface area contributed by atoms with E-state index in [2.05, 4.69) is 26.1 Å². The predicted octanol–water partition coefficient (Wildman–Crippen LogP) is 2.10. The third kappa shape index (κ3) is 14.5. The summed E-state index contributed by atoms with van der Waals surface area (Å²) in [5, 5.41) is 3.44. The molecule has 0 aliphatic carbocycles. The lowest BCUT2D eigenvalue weighted by Crippen LogP contribution is -2.39. The molecule has 0 saturated heterocycles. The Kier molecular flexibility index (Phi) is 16.0. The van der Waals surface area contributed by atoms with Gasteiger partial charge in [0.15, 0.2) is 0 Å². The Balaban J connectivity index is 3.21. The average molecular weight is 305 g/mol. The first-order chi connectivity index (χ1) is 10.2. The lowest BCUT2D eigenvalue weighted by Gasteiger charge is -2.21. The van der Waals surface area contributed by atoms with Gasteiger partial charge in [-0.25, -0.2) is 0 Å². The number of nitrogens with one attached hydrogen (secondary N) is 1. The van der Waals surface area contributed by atoms with Gasteiger partial charge in [0.1, 0.15) is 0 Å². The van der Waals surface area contributed by atoms with E-state index in [1.807, 2.05) is 0 Å². The molecule has 0 aliphatic heterocycles. The number of methoxy groups -OCH3 is 1. The van der Waals surface area contributed by atoms with Gasteiger partial charge in [-0.2, -0.15) is 0 Å². The Hall–Kier alpha value is -0.200. The first kappa shape index (κ1) is 20.8. The molecule has 0 fully saturated rings. The van der Waals surface area contributed by atoms with Crippen molar-refractivity contribution in [2.75, 3.05) is 59.9 Å². The van der Waals surface area contributed by atoms with Crippen LogP contribution in [0, 0.1) is 5.92 Å². The van der Waals surface area contributed by atoms with Gasteiger partial charge in [0.25, 0.3) is 0 Å². The summed E-state index contributed by atoms with van der Waals surface area (Å²) in [6.45, 7) is 12.2. The normalized spacial score (nSPS) is 13.0. The Morgan fingerprint density at radius 3 is 1.95 bits per heavy atom. The van der Waals surface area contributed by atoms with Crippen molar-refractivity contribution in [3.63, 3.8) is 0 Å². The van der Waals surface area contributed by atoms with Gasteiger partial charge in [-0.1, -0.05) is 27.2 Å². The van der Waals surface area contributed by atoms with Crippen molar-refractivity contribution >= 4 is 0 Å². The van der Waals surface area contributed by atoms with Gasteiger partial charge in [0.05, 0.1) is 39.6 Å². The van der Waals surface area contributed by atoms with E-state index >= 15 is 0 Å². The zero-order valence-corrected chi connectivity index (χ0v) is 14.4. The van der Waals surface area contributed by atoms with E-state index in [1.54, 1.807) is 7.11 Å². The van der Waals surface area contributed by atoms with Crippen LogP contribution in [0.15, 0.2) is 0 Å². The molecular formula is C16H35NO4. The van der Waals surface area contributed by atoms with Crippen molar-refractivity contribution in [3.05, 3.63) is 0 Å². The van der Waals surface area contributed by atoms with E-state index in [0.29, 0.717) is 45.0 Å². The maximum atomic E-state index is 5.52. The second kappa shape index (κ2) is 16.2. The first-order valence-corrected chi connectivity index (χ1v) is 8.17. The zero-order valence-electron chi connectivity index (χ0n) is 14.4. The van der Waals surface area contributed by atoms with Gasteiger partial charge in [-0.05, 0) is 12.3 Å². The largest absolute Gasteiger partial charge is 0.383 e. The Labute approximate surface area is 130 Å². The quantitative estimate of drug-likeness (QED) is 0.443. The maximum Gasteiger partial charge on any atom is 0.0701 e. The smallest absolute Gasteiger partial charge is 0.0701 e. The summed E-state index contributed by atoms with van der Waals surface area (Å²) in [5.41, 5.74) is 0. The molecule has 0 aromatic heterocycles. The van der Waals surface area contributed by atoms with Crippen LogP contribution in [0.4, 0.5) is 0 Å². The number of hydrogen-bond donors (Lipinski definition) is 1. The van der Waals surface area contributed by atoms with Crippen LogP contribution in [0.25, 0.3) is 0 Å². The molecule has 0 radical (unpaired) electrons. The van der Waals surface area contributed by atoms with Crippen LogP contribution < -0.4 is 5.32 Å². The first-order valence-electron chi connectivity index (χ1n) is 8.17. The average Bonchev–Trinajstić information content (AvgIpc) is 2.47. The van der Waals surface area contributed by atoms with E-state index in [4.69, 9.17) is 18.9 Å². The number of unbranched alkanes of at least 4 members (excludes halogenated alkanes) is 1. The fourth-order valence-electron chi connectivity index (χ4n) is 1.77. The molecule has 0 amide bonds. The Bertz CT molecular complexity index is 203. The maximum absolute atomic E-state index is 5.52. The fraction of sp³-hybridized carbons (Fsp3) is 1.00. The van der Waals surface area contributed by atoms with E-state index < -0.39 is 0 Å². The lowest BCUT2D eigenvalue weighted by molar-refractivity contribution is 0.0138. The molecule has 0 aliphatic rings. The molecule has 1 unspecified atom stereocenters. The van der Waals surface area contributed by atoms with E-state index in [1.165, 1.54) is 6.42 Å². The van der Waals surface area contributed by atoms with Gasteiger partial charge < -0.3 is 24.3 Å². The van der Waals surface area contributed by atoms with Gasteiger partial charge in [0, 0.05) is 26.3 Å². The summed E-state index contributed by atoms with van der Waals surface area (Å²) in [4.78, 5) is 0. The number of ether oxygens (including phenoxy) is 4. The molecule has 5 nitrogen and oxygen atoms in total. The van der Waals surface area contributed by atoms with Crippen LogP contribution in [-0.2, 0) is 18.9 Å². The number of rotatable bonds is 16. The molecule has 0 rings (SSSR count). The van der Waals surface area contributed by atoms with E-state index in [-0.39, 0.29) is 0 Å². The van der Waals surface area contributed by atoms with Crippen molar-refractivity contribution in [1.82, 2.24) is 5.32 Å². The summed E-state index contributed by atoms with van der Waals surface area (Å²) in [6.07, 6.45) is 2.29. The van der Waals surface area contributed by atoms with Gasteiger partial charge in [-0.15, -0.1) is 0 Å². The summed E-state index contributed by atoms with van der Waals surface area (Å²) < 4.78 is 21.5. The third-order valence-corrected chi connectivity index (χ3v) is 3.19. The van der Waals surface area contributed by atoms with E-state index in [9.17, 15) is 0 Å². The van der Waals surface area contributed by atoms with Crippen LogP contribution in [0.1, 0.15) is 33.6 Å². The molecule has 0 spiro atoms. The Morgan fingerprint density at radius 1 is 0.857 bits per heavy atom. The molecule has 0 heterocycles. The minimum Gasteiger partial charge on any atom is -0.383 e. The minimum absolute atomic E-state index is 0.384. The second-order valence-corrected chi connectivity index (χ2v) is 5.45. The fourth-order valence-corrected chi connectivity index (χ4v) is 1.77. The van der Waals surface area contributed by atoms with Gasteiger partial charge in [0.2, 0.25) is 0 Å². The van der Waals surface area contributed by atoms with Gasteiger partial charge >= 0.3 is 0 Å². The molecule has 1 atom stereocenters. The summed E-state index contributed by atoms with van der Waals surface area (Å²) in [7, 11) is 1.73. The highest BCUT2D eigenvalue weighted by Gasteiger charge is 2.11. The van der Waals surface area contributed by atoms with Crippen molar-refractivity contribution < 1.29 is 18.9 Å². The number of hydrogen-bond acceptors (Lipinski definition) is 5. The third-order valence-electron chi connectivity index (χ3n) is 3.19. The molecule has 5 heteroatoms. The summed E-state index contributed by atoms with van der Waals surface area (Å²) >= 11 is 0. The topological polar surface area (TPSA) is 49.0 Å². The van der Waals surface area contributed by atoms with Gasteiger partial charge in [-0.3, -0.25) is 0 Å². The lowest BCUT2D eigenvalue weighted by atomic mass is 10.1. The summed E-state index contributed by atoms with van der Waals surface area (Å²) in [5.74, 6) is 0.556.